The van der Waals surface area contributed by atoms with Crippen LogP contribution in [0.2, 0.25) is 0 Å². The van der Waals surface area contributed by atoms with E-state index in [2.05, 4.69) is 9.88 Å². The van der Waals surface area contributed by atoms with Crippen LogP contribution >= 0.6 is 11.3 Å². The van der Waals surface area contributed by atoms with E-state index in [4.69, 9.17) is 10.5 Å². The number of methoxy groups -OCH3 is 1. The van der Waals surface area contributed by atoms with Gasteiger partial charge in [0.15, 0.2) is 0 Å². The van der Waals surface area contributed by atoms with Crippen molar-refractivity contribution in [1.29, 1.82) is 0 Å². The summed E-state index contributed by atoms with van der Waals surface area (Å²) in [5.41, 5.74) is 9.81. The second kappa shape index (κ2) is 8.95. The van der Waals surface area contributed by atoms with Crippen molar-refractivity contribution < 1.29 is 19.0 Å². The molecular weight excluding hydrogens is 443 g/mol. The summed E-state index contributed by atoms with van der Waals surface area (Å²) in [5, 5.41) is 10.3. The van der Waals surface area contributed by atoms with Gasteiger partial charge in [0, 0.05) is 25.6 Å². The monoisotopic (exact) mass is 472 g/mol. The molecule has 3 heterocycles. The number of alkyl halides is 1. The van der Waals surface area contributed by atoms with Crippen molar-refractivity contribution in [2.75, 3.05) is 37.4 Å². The van der Waals surface area contributed by atoms with Crippen LogP contribution in [-0.2, 0) is 4.74 Å². The van der Waals surface area contributed by atoms with Crippen LogP contribution in [0.3, 0.4) is 0 Å². The maximum Gasteiger partial charge on any atom is 0.343 e. The summed E-state index contributed by atoms with van der Waals surface area (Å²) in [6.07, 6.45) is 5.14. The number of carbonyl (C=O) groups excluding carboxylic acids is 1. The minimum absolute atomic E-state index is 0.123. The van der Waals surface area contributed by atoms with Crippen molar-refractivity contribution in [1.82, 2.24) is 9.55 Å². The van der Waals surface area contributed by atoms with E-state index >= 15 is 0 Å². The second-order valence-corrected chi connectivity index (χ2v) is 10.0. The van der Waals surface area contributed by atoms with Gasteiger partial charge in [0.05, 0.1) is 41.1 Å². The number of nitrogen functional groups attached to an aromatic ring is 1. The lowest BCUT2D eigenvalue weighted by molar-refractivity contribution is 0.0603. The highest BCUT2D eigenvalue weighted by Crippen LogP contribution is 2.46. The Labute approximate surface area is 196 Å². The quantitative estimate of drug-likeness (QED) is 0.535. The van der Waals surface area contributed by atoms with Crippen LogP contribution in [0, 0.1) is 5.92 Å². The number of hydrogen-bond donors (Lipinski definition) is 2. The number of nitrogens with zero attached hydrogens (tertiary/aromatic N) is 3. The van der Waals surface area contributed by atoms with Gasteiger partial charge >= 0.3 is 5.97 Å². The lowest BCUT2D eigenvalue weighted by Crippen LogP contribution is -2.23. The molecule has 1 aliphatic carbocycles. The zero-order chi connectivity index (χ0) is 23.1. The van der Waals surface area contributed by atoms with Crippen LogP contribution in [0.4, 0.5) is 15.1 Å². The third-order valence-corrected chi connectivity index (χ3v) is 8.30. The van der Waals surface area contributed by atoms with Crippen molar-refractivity contribution >= 4 is 39.0 Å². The second-order valence-electron chi connectivity index (χ2n) is 9.02. The largest absolute Gasteiger partial charge is 0.465 e. The zero-order valence-corrected chi connectivity index (χ0v) is 19.5. The van der Waals surface area contributed by atoms with Gasteiger partial charge in [-0.3, -0.25) is 0 Å². The number of benzene rings is 1. The van der Waals surface area contributed by atoms with Crippen LogP contribution in [0.5, 0.6) is 0 Å². The first-order valence-electron chi connectivity index (χ1n) is 11.5. The molecule has 1 saturated heterocycles. The Morgan fingerprint density at radius 3 is 2.88 bits per heavy atom. The standard InChI is InChI=1S/C24H29FN4O3S/c1-32-24(31)20-21(26)22(33-23(20)28-9-8-14(11-28)12-30)15-6-7-19-17(10-15)27-13-29(19)18-5-3-2-4-16(18)25/h6-7,10,13-14,16,18,30H,2-5,8-9,11-12,26H2,1H3/t14?,16-,18-/m1/s1. The third kappa shape index (κ3) is 3.87. The maximum absolute atomic E-state index is 14.6. The zero-order valence-electron chi connectivity index (χ0n) is 18.7. The third-order valence-electron chi connectivity index (χ3n) is 6.99. The summed E-state index contributed by atoms with van der Waals surface area (Å²) in [6, 6.07) is 5.71. The van der Waals surface area contributed by atoms with Crippen molar-refractivity contribution in [3.05, 3.63) is 30.1 Å². The van der Waals surface area contributed by atoms with Gasteiger partial charge in [-0.15, -0.1) is 11.3 Å². The van der Waals surface area contributed by atoms with Gasteiger partial charge in [-0.05, 0) is 37.0 Å². The lowest BCUT2D eigenvalue weighted by Gasteiger charge is -2.27. The molecule has 1 aromatic carbocycles. The molecule has 5 rings (SSSR count). The lowest BCUT2D eigenvalue weighted by atomic mass is 9.93. The first kappa shape index (κ1) is 22.2. The fourth-order valence-electron chi connectivity index (χ4n) is 5.15. The summed E-state index contributed by atoms with van der Waals surface area (Å²) >= 11 is 1.46. The Morgan fingerprint density at radius 1 is 1.33 bits per heavy atom. The number of fused-ring (bicyclic) bond motifs is 1. The molecule has 3 N–H and O–H groups in total. The number of aliphatic hydroxyl groups excluding tert-OH is 1. The molecule has 1 saturated carbocycles. The van der Waals surface area contributed by atoms with Crippen molar-refractivity contribution in [2.24, 2.45) is 5.92 Å². The fourth-order valence-corrected chi connectivity index (χ4v) is 6.39. The Bertz CT molecular complexity index is 1180. The van der Waals surface area contributed by atoms with Gasteiger partial charge in [0.25, 0.3) is 0 Å². The topological polar surface area (TPSA) is 93.6 Å². The summed E-state index contributed by atoms with van der Waals surface area (Å²) < 4.78 is 21.6. The molecule has 1 unspecified atom stereocenters. The summed E-state index contributed by atoms with van der Waals surface area (Å²) in [4.78, 5) is 20.1. The number of aliphatic hydroxyl groups is 1. The number of hydrogen-bond acceptors (Lipinski definition) is 7. The SMILES string of the molecule is COC(=O)c1c(N2CCC(CO)C2)sc(-c2ccc3c(c2)ncn3[C@@H]2CCCC[C@H]2F)c1N. The van der Waals surface area contributed by atoms with E-state index < -0.39 is 12.1 Å². The molecule has 2 aliphatic rings. The normalized spacial score (nSPS) is 23.4. The number of ether oxygens (including phenoxy) is 1. The van der Waals surface area contributed by atoms with Gasteiger partial charge in [-0.2, -0.15) is 0 Å². The number of carbonyl (C=O) groups is 1. The first-order valence-corrected chi connectivity index (χ1v) is 12.3. The van der Waals surface area contributed by atoms with E-state index in [9.17, 15) is 14.3 Å². The summed E-state index contributed by atoms with van der Waals surface area (Å²) in [5.74, 6) is -0.282. The molecule has 9 heteroatoms. The molecule has 3 aromatic rings. The maximum atomic E-state index is 14.6. The van der Waals surface area contributed by atoms with E-state index in [0.717, 1.165) is 58.7 Å². The van der Waals surface area contributed by atoms with Crippen molar-refractivity contribution in [3.8, 4) is 10.4 Å². The van der Waals surface area contributed by atoms with Crippen LogP contribution in [0.15, 0.2) is 24.5 Å². The molecular formula is C24H29FN4O3S. The van der Waals surface area contributed by atoms with Gasteiger partial charge in [0.1, 0.15) is 16.7 Å². The molecule has 7 nitrogen and oxygen atoms in total. The molecule has 0 radical (unpaired) electrons. The molecule has 0 spiro atoms. The number of anilines is 2. The van der Waals surface area contributed by atoms with Gasteiger partial charge in [0.2, 0.25) is 0 Å². The Balaban J connectivity index is 1.53. The van der Waals surface area contributed by atoms with Gasteiger partial charge in [-0.1, -0.05) is 18.9 Å². The van der Waals surface area contributed by atoms with E-state index in [-0.39, 0.29) is 18.6 Å². The molecule has 0 bridgehead atoms. The van der Waals surface area contributed by atoms with E-state index in [0.29, 0.717) is 24.2 Å². The number of thiophene rings is 1. The smallest absolute Gasteiger partial charge is 0.343 e. The van der Waals surface area contributed by atoms with E-state index in [1.165, 1.54) is 18.4 Å². The number of imidazole rings is 1. The molecule has 0 amide bonds. The number of nitrogens with two attached hydrogens (primary N) is 1. The number of esters is 1. The predicted molar refractivity (Wildman–Crippen MR) is 129 cm³/mol. The minimum Gasteiger partial charge on any atom is -0.465 e. The first-order chi connectivity index (χ1) is 16.0. The fraction of sp³-hybridized carbons (Fsp3) is 0.500. The number of aromatic nitrogens is 2. The van der Waals surface area contributed by atoms with Crippen molar-refractivity contribution in [3.63, 3.8) is 0 Å². The minimum atomic E-state index is -0.850. The molecule has 1 aliphatic heterocycles. The van der Waals surface area contributed by atoms with Crippen LogP contribution in [0.1, 0.15) is 48.5 Å². The Morgan fingerprint density at radius 2 is 2.15 bits per heavy atom. The highest BCUT2D eigenvalue weighted by molar-refractivity contribution is 7.20. The van der Waals surface area contributed by atoms with Gasteiger partial charge < -0.3 is 25.0 Å². The van der Waals surface area contributed by atoms with Crippen molar-refractivity contribution in [2.45, 2.75) is 44.3 Å². The molecule has 176 valence electrons. The molecule has 2 fully saturated rings. The predicted octanol–water partition coefficient (Wildman–Crippen LogP) is 4.41. The van der Waals surface area contributed by atoms with Crippen LogP contribution in [0.25, 0.3) is 21.5 Å². The number of rotatable bonds is 5. The highest BCUT2D eigenvalue weighted by atomic mass is 32.1. The Kier molecular flexibility index (Phi) is 6.01. The van der Waals surface area contributed by atoms with E-state index in [1.54, 1.807) is 6.33 Å². The number of halogens is 1. The molecule has 33 heavy (non-hydrogen) atoms. The molecule has 2 aromatic heterocycles. The average Bonchev–Trinajstić information content (AvgIpc) is 3.55. The van der Waals surface area contributed by atoms with E-state index in [1.807, 2.05) is 22.8 Å². The van der Waals surface area contributed by atoms with Crippen LogP contribution < -0.4 is 10.6 Å². The van der Waals surface area contributed by atoms with Gasteiger partial charge in [-0.25, -0.2) is 14.2 Å². The Hall–Kier alpha value is -2.65. The highest BCUT2D eigenvalue weighted by Gasteiger charge is 2.32. The van der Waals surface area contributed by atoms with Crippen LogP contribution in [-0.4, -0.2) is 53.6 Å². The summed E-state index contributed by atoms with van der Waals surface area (Å²) in [7, 11) is 1.35. The molecule has 3 atom stereocenters. The average molecular weight is 473 g/mol. The summed E-state index contributed by atoms with van der Waals surface area (Å²) in [6.45, 7) is 1.55.